The van der Waals surface area contributed by atoms with Crippen molar-refractivity contribution >= 4 is 32.5 Å². The van der Waals surface area contributed by atoms with E-state index in [-0.39, 0.29) is 0 Å². The maximum atomic E-state index is 5.64. The SMILES string of the molecule is Nc1ccc2nccc(Br)c2c1. The van der Waals surface area contributed by atoms with Crippen molar-refractivity contribution in [2.24, 2.45) is 0 Å². The van der Waals surface area contributed by atoms with E-state index in [4.69, 9.17) is 5.73 Å². The summed E-state index contributed by atoms with van der Waals surface area (Å²) in [6, 6.07) is 7.57. The zero-order valence-electron chi connectivity index (χ0n) is 6.29. The van der Waals surface area contributed by atoms with E-state index in [9.17, 15) is 0 Å². The lowest BCUT2D eigenvalue weighted by Gasteiger charge is -1.99. The maximum absolute atomic E-state index is 5.64. The molecule has 0 atom stereocenters. The lowest BCUT2D eigenvalue weighted by atomic mass is 10.2. The fourth-order valence-electron chi connectivity index (χ4n) is 1.13. The number of fused-ring (bicyclic) bond motifs is 1. The number of nitrogens with zero attached hydrogens (tertiary/aromatic N) is 1. The highest BCUT2D eigenvalue weighted by atomic mass is 79.9. The van der Waals surface area contributed by atoms with Crippen LogP contribution >= 0.6 is 15.9 Å². The normalized spacial score (nSPS) is 10.4. The van der Waals surface area contributed by atoms with Crippen molar-refractivity contribution < 1.29 is 0 Å². The van der Waals surface area contributed by atoms with E-state index < -0.39 is 0 Å². The minimum absolute atomic E-state index is 0.760. The van der Waals surface area contributed by atoms with Crippen LogP contribution in [0.5, 0.6) is 0 Å². The van der Waals surface area contributed by atoms with Gasteiger partial charge in [0.25, 0.3) is 0 Å². The molecule has 1 aromatic heterocycles. The van der Waals surface area contributed by atoms with Crippen LogP contribution in [-0.4, -0.2) is 4.98 Å². The minimum atomic E-state index is 0.760. The van der Waals surface area contributed by atoms with Gasteiger partial charge in [-0.05, 0) is 24.3 Å². The molecule has 60 valence electrons. The molecule has 2 nitrogen and oxygen atoms in total. The van der Waals surface area contributed by atoms with E-state index in [2.05, 4.69) is 20.9 Å². The monoisotopic (exact) mass is 222 g/mol. The van der Waals surface area contributed by atoms with Gasteiger partial charge in [-0.3, -0.25) is 4.98 Å². The van der Waals surface area contributed by atoms with Gasteiger partial charge in [0.2, 0.25) is 0 Å². The first-order valence-corrected chi connectivity index (χ1v) is 4.36. The van der Waals surface area contributed by atoms with Gasteiger partial charge in [-0.2, -0.15) is 0 Å². The van der Waals surface area contributed by atoms with Crippen LogP contribution in [0.1, 0.15) is 0 Å². The van der Waals surface area contributed by atoms with E-state index in [1.54, 1.807) is 6.20 Å². The predicted molar refractivity (Wildman–Crippen MR) is 53.9 cm³/mol. The van der Waals surface area contributed by atoms with Gasteiger partial charge in [0.1, 0.15) is 0 Å². The summed E-state index contributed by atoms with van der Waals surface area (Å²) >= 11 is 3.44. The third-order valence-corrected chi connectivity index (χ3v) is 2.40. The number of hydrogen-bond acceptors (Lipinski definition) is 2. The largest absolute Gasteiger partial charge is 0.399 e. The summed E-state index contributed by atoms with van der Waals surface area (Å²) in [7, 11) is 0. The molecule has 0 saturated carbocycles. The first kappa shape index (κ1) is 7.55. The lowest BCUT2D eigenvalue weighted by Crippen LogP contribution is -1.85. The average Bonchev–Trinajstić information content (AvgIpc) is 2.07. The van der Waals surface area contributed by atoms with Crippen LogP contribution in [0.4, 0.5) is 5.69 Å². The second kappa shape index (κ2) is 2.75. The molecule has 2 rings (SSSR count). The van der Waals surface area contributed by atoms with Crippen LogP contribution in [0.2, 0.25) is 0 Å². The molecule has 0 aliphatic heterocycles. The van der Waals surface area contributed by atoms with Crippen molar-refractivity contribution in [3.63, 3.8) is 0 Å². The highest BCUT2D eigenvalue weighted by molar-refractivity contribution is 9.10. The lowest BCUT2D eigenvalue weighted by molar-refractivity contribution is 1.40. The fraction of sp³-hybridized carbons (Fsp3) is 0. The molecule has 0 amide bonds. The standard InChI is InChI=1S/C9H7BrN2/c10-8-3-4-12-9-2-1-6(11)5-7(8)9/h1-5H,11H2. The van der Waals surface area contributed by atoms with Crippen molar-refractivity contribution in [3.8, 4) is 0 Å². The van der Waals surface area contributed by atoms with Crippen LogP contribution in [0.15, 0.2) is 34.9 Å². The summed E-state index contributed by atoms with van der Waals surface area (Å²) < 4.78 is 1.03. The van der Waals surface area contributed by atoms with Gasteiger partial charge in [0, 0.05) is 21.7 Å². The molecule has 0 aliphatic carbocycles. The van der Waals surface area contributed by atoms with Crippen molar-refractivity contribution in [2.45, 2.75) is 0 Å². The van der Waals surface area contributed by atoms with Crippen molar-refractivity contribution in [1.82, 2.24) is 4.98 Å². The summed E-state index contributed by atoms with van der Waals surface area (Å²) in [5, 5.41) is 1.05. The Balaban J connectivity index is 2.88. The first-order valence-electron chi connectivity index (χ1n) is 3.57. The molecule has 0 spiro atoms. The Labute approximate surface area is 78.5 Å². The van der Waals surface area contributed by atoms with Crippen molar-refractivity contribution in [2.75, 3.05) is 5.73 Å². The van der Waals surface area contributed by atoms with E-state index in [1.807, 2.05) is 24.3 Å². The minimum Gasteiger partial charge on any atom is -0.399 e. The number of halogens is 1. The third kappa shape index (κ3) is 1.16. The zero-order valence-corrected chi connectivity index (χ0v) is 7.88. The quantitative estimate of drug-likeness (QED) is 0.697. The molecular weight excluding hydrogens is 216 g/mol. The van der Waals surface area contributed by atoms with Crippen LogP contribution < -0.4 is 5.73 Å². The highest BCUT2D eigenvalue weighted by Crippen LogP contribution is 2.23. The summed E-state index contributed by atoms with van der Waals surface area (Å²) in [5.74, 6) is 0. The van der Waals surface area contributed by atoms with Crippen LogP contribution in [-0.2, 0) is 0 Å². The molecule has 0 unspecified atom stereocenters. The Kier molecular flexibility index (Phi) is 1.73. The smallest absolute Gasteiger partial charge is 0.0714 e. The second-order valence-corrected chi connectivity index (χ2v) is 3.42. The Bertz CT molecular complexity index is 426. The summed E-state index contributed by atoms with van der Waals surface area (Å²) in [6.45, 7) is 0. The van der Waals surface area contributed by atoms with Gasteiger partial charge >= 0.3 is 0 Å². The number of anilines is 1. The Morgan fingerprint density at radius 2 is 2.08 bits per heavy atom. The second-order valence-electron chi connectivity index (χ2n) is 2.57. The molecule has 0 fully saturated rings. The zero-order chi connectivity index (χ0) is 8.55. The summed E-state index contributed by atoms with van der Waals surface area (Å²) in [4.78, 5) is 4.20. The Morgan fingerprint density at radius 1 is 1.25 bits per heavy atom. The van der Waals surface area contributed by atoms with Gasteiger partial charge < -0.3 is 5.73 Å². The van der Waals surface area contributed by atoms with Gasteiger partial charge in [-0.1, -0.05) is 15.9 Å². The molecule has 1 heterocycles. The highest BCUT2D eigenvalue weighted by Gasteiger charge is 1.98. The summed E-state index contributed by atoms with van der Waals surface area (Å²) in [5.41, 5.74) is 7.36. The number of hydrogen-bond donors (Lipinski definition) is 1. The Morgan fingerprint density at radius 3 is 2.92 bits per heavy atom. The predicted octanol–water partition coefficient (Wildman–Crippen LogP) is 2.58. The molecule has 12 heavy (non-hydrogen) atoms. The molecule has 0 radical (unpaired) electrons. The number of rotatable bonds is 0. The average molecular weight is 223 g/mol. The van der Waals surface area contributed by atoms with Gasteiger partial charge in [-0.25, -0.2) is 0 Å². The summed E-state index contributed by atoms with van der Waals surface area (Å²) in [6.07, 6.45) is 1.77. The number of pyridine rings is 1. The number of benzene rings is 1. The van der Waals surface area contributed by atoms with Crippen molar-refractivity contribution in [1.29, 1.82) is 0 Å². The van der Waals surface area contributed by atoms with Crippen LogP contribution in [0.3, 0.4) is 0 Å². The van der Waals surface area contributed by atoms with Gasteiger partial charge in [0.15, 0.2) is 0 Å². The topological polar surface area (TPSA) is 38.9 Å². The van der Waals surface area contributed by atoms with Crippen molar-refractivity contribution in [3.05, 3.63) is 34.9 Å². The van der Waals surface area contributed by atoms with Gasteiger partial charge in [-0.15, -0.1) is 0 Å². The van der Waals surface area contributed by atoms with Crippen LogP contribution in [0, 0.1) is 0 Å². The molecule has 1 aromatic carbocycles. The van der Waals surface area contributed by atoms with E-state index >= 15 is 0 Å². The third-order valence-electron chi connectivity index (χ3n) is 1.71. The van der Waals surface area contributed by atoms with Gasteiger partial charge in [0.05, 0.1) is 5.52 Å². The van der Waals surface area contributed by atoms with Crippen LogP contribution in [0.25, 0.3) is 10.9 Å². The maximum Gasteiger partial charge on any atom is 0.0714 e. The molecule has 2 aromatic rings. The van der Waals surface area contributed by atoms with E-state index in [0.29, 0.717) is 0 Å². The van der Waals surface area contributed by atoms with E-state index in [1.165, 1.54) is 0 Å². The first-order chi connectivity index (χ1) is 5.77. The molecule has 0 saturated heterocycles. The number of nitrogen functional groups attached to an aromatic ring is 1. The number of aromatic nitrogens is 1. The molecule has 0 aliphatic rings. The van der Waals surface area contributed by atoms with E-state index in [0.717, 1.165) is 21.1 Å². The Hall–Kier alpha value is -1.09. The molecular formula is C9H7BrN2. The number of nitrogens with two attached hydrogens (primary N) is 1. The molecule has 3 heteroatoms. The molecule has 2 N–H and O–H groups in total. The molecule has 0 bridgehead atoms. The fourth-order valence-corrected chi connectivity index (χ4v) is 1.57.